The van der Waals surface area contributed by atoms with Crippen LogP contribution in [0.4, 0.5) is 0 Å². The van der Waals surface area contributed by atoms with Crippen molar-refractivity contribution < 1.29 is 28.6 Å². The summed E-state index contributed by atoms with van der Waals surface area (Å²) < 4.78 is 19.5. The van der Waals surface area contributed by atoms with Gasteiger partial charge >= 0.3 is 5.97 Å². The molecule has 358 valence electrons. The quantitative estimate of drug-likeness (QED) is 0.0369. The van der Waals surface area contributed by atoms with Crippen molar-refractivity contribution in [1.29, 1.82) is 0 Å². The number of ketones is 1. The van der Waals surface area contributed by atoms with Gasteiger partial charge in [0.1, 0.15) is 6.10 Å². The minimum Gasteiger partial charge on any atom is -0.462 e. The number of likely N-dealkylation sites (N-methyl/N-ethyl adjacent to an activating group) is 1. The summed E-state index contributed by atoms with van der Waals surface area (Å²) >= 11 is 0. The van der Waals surface area contributed by atoms with Gasteiger partial charge in [0.15, 0.2) is 12.1 Å². The molecule has 4 aliphatic carbocycles. The van der Waals surface area contributed by atoms with Crippen LogP contribution in [0, 0.1) is 29.1 Å². The fraction of sp³-hybridized carbons (Fsp3) is 0.907. The normalized spacial score (nSPS) is 24.7. The Bertz CT molecular complexity index is 1290. The van der Waals surface area contributed by atoms with Gasteiger partial charge in [-0.15, -0.1) is 0 Å². The van der Waals surface area contributed by atoms with Crippen molar-refractivity contribution in [2.45, 2.75) is 252 Å². The molecule has 0 radical (unpaired) electrons. The fourth-order valence-corrected chi connectivity index (χ4v) is 12.2. The van der Waals surface area contributed by atoms with Crippen LogP contribution in [0.3, 0.4) is 0 Å². The van der Waals surface area contributed by atoms with Crippen LogP contribution in [-0.2, 0) is 28.6 Å². The van der Waals surface area contributed by atoms with E-state index in [1.165, 1.54) is 44.1 Å². The van der Waals surface area contributed by atoms with Crippen LogP contribution >= 0.6 is 0 Å². The van der Waals surface area contributed by atoms with Gasteiger partial charge in [-0.3, -0.25) is 14.4 Å². The minimum absolute atomic E-state index is 0.00597. The molecule has 0 N–H and O–H groups in total. The van der Waals surface area contributed by atoms with Gasteiger partial charge in [0.2, 0.25) is 5.91 Å². The monoisotopic (exact) mass is 869 g/mol. The first kappa shape index (κ1) is 52.9. The lowest BCUT2D eigenvalue weighted by atomic mass is 9.52. The highest BCUT2D eigenvalue weighted by Crippen LogP contribution is 2.62. The summed E-state index contributed by atoms with van der Waals surface area (Å²) in [6, 6.07) is 0. The largest absolute Gasteiger partial charge is 0.462 e. The number of unbranched alkanes of at least 4 members (excludes halogenated alkanes) is 9. The Morgan fingerprint density at radius 2 is 1.26 bits per heavy atom. The second-order valence-electron chi connectivity index (χ2n) is 20.9. The molecule has 1 amide bonds. The number of ether oxygens (including phenoxy) is 3. The Balaban J connectivity index is 1.07. The number of carbonyl (C=O) groups is 3. The maximum atomic E-state index is 13.4. The zero-order chi connectivity index (χ0) is 44.7. The maximum Gasteiger partial charge on any atom is 0.306 e. The van der Waals surface area contributed by atoms with Crippen molar-refractivity contribution in [2.24, 2.45) is 29.1 Å². The fourth-order valence-electron chi connectivity index (χ4n) is 12.2. The molecule has 0 bridgehead atoms. The first-order valence-corrected chi connectivity index (χ1v) is 26.7. The van der Waals surface area contributed by atoms with Gasteiger partial charge in [-0.2, -0.15) is 0 Å². The third-order valence-electron chi connectivity index (χ3n) is 15.7. The van der Waals surface area contributed by atoms with Crippen molar-refractivity contribution in [3.05, 3.63) is 11.6 Å². The van der Waals surface area contributed by atoms with Gasteiger partial charge in [0, 0.05) is 44.3 Å². The first-order chi connectivity index (χ1) is 30.0. The lowest BCUT2D eigenvalue weighted by molar-refractivity contribution is -0.202. The molecule has 8 heteroatoms. The van der Waals surface area contributed by atoms with Gasteiger partial charge in [-0.25, -0.2) is 0 Å². The molecule has 8 nitrogen and oxygen atoms in total. The molecule has 0 aromatic rings. The van der Waals surface area contributed by atoms with E-state index in [4.69, 9.17) is 14.2 Å². The van der Waals surface area contributed by atoms with E-state index in [-0.39, 0.29) is 23.8 Å². The van der Waals surface area contributed by atoms with Gasteiger partial charge in [0.05, 0.1) is 12.2 Å². The Morgan fingerprint density at radius 3 is 1.89 bits per heavy atom. The third kappa shape index (κ3) is 17.2. The van der Waals surface area contributed by atoms with Crippen molar-refractivity contribution >= 4 is 17.7 Å². The van der Waals surface area contributed by atoms with Crippen molar-refractivity contribution in [3.8, 4) is 0 Å². The second kappa shape index (κ2) is 29.0. The highest BCUT2D eigenvalue weighted by molar-refractivity contribution is 5.91. The van der Waals surface area contributed by atoms with Crippen LogP contribution in [0.15, 0.2) is 11.6 Å². The number of hydrogen-bond acceptors (Lipinski definition) is 7. The second-order valence-corrected chi connectivity index (χ2v) is 20.9. The number of hydrogen-bond donors (Lipinski definition) is 0. The Kier molecular flexibility index (Phi) is 24.7. The van der Waals surface area contributed by atoms with E-state index in [0.29, 0.717) is 54.5 Å². The molecule has 3 fully saturated rings. The molecular formula is C54H96N2O6. The van der Waals surface area contributed by atoms with Crippen LogP contribution in [0.2, 0.25) is 0 Å². The van der Waals surface area contributed by atoms with Crippen LogP contribution in [-0.4, -0.2) is 85.8 Å². The van der Waals surface area contributed by atoms with Crippen LogP contribution in [0.25, 0.3) is 0 Å². The molecule has 0 aromatic heterocycles. The van der Waals surface area contributed by atoms with Gasteiger partial charge in [-0.1, -0.05) is 111 Å². The highest BCUT2D eigenvalue weighted by atomic mass is 16.7. The van der Waals surface area contributed by atoms with Crippen molar-refractivity contribution in [3.63, 3.8) is 0 Å². The number of carbonyl (C=O) groups excluding carboxylic acids is 3. The summed E-state index contributed by atoms with van der Waals surface area (Å²) in [5.74, 6) is 3.33. The number of nitrogens with zero attached hydrogens (tertiary/aromatic N) is 2. The minimum atomic E-state index is -0.0868. The SMILES string of the molecule is CCCC(CCC)OC(CCCCCCCCC(=O)N(CCCCCCCC(=O)OC1CCC2C3CCC4=CC(=O)CCC4C3CCC12C)CCN(C)C)OC(CCC)CCC. The Morgan fingerprint density at radius 1 is 0.661 bits per heavy atom. The molecule has 4 rings (SSSR count). The summed E-state index contributed by atoms with van der Waals surface area (Å²) in [7, 11) is 4.16. The molecule has 0 aromatic carbocycles. The summed E-state index contributed by atoms with van der Waals surface area (Å²) in [6.45, 7) is 13.9. The summed E-state index contributed by atoms with van der Waals surface area (Å²) in [6.07, 6.45) is 34.3. The molecule has 0 heterocycles. The van der Waals surface area contributed by atoms with Crippen molar-refractivity contribution in [2.75, 3.05) is 33.7 Å². The molecule has 0 aliphatic heterocycles. The molecule has 4 aliphatic rings. The number of amides is 1. The van der Waals surface area contributed by atoms with E-state index in [9.17, 15) is 14.4 Å². The average molecular weight is 869 g/mol. The summed E-state index contributed by atoms with van der Waals surface area (Å²) in [5.41, 5.74) is 1.54. The molecular weight excluding hydrogens is 773 g/mol. The van der Waals surface area contributed by atoms with Crippen molar-refractivity contribution in [1.82, 2.24) is 9.80 Å². The van der Waals surface area contributed by atoms with Gasteiger partial charge < -0.3 is 24.0 Å². The lowest BCUT2D eigenvalue weighted by Crippen LogP contribution is -2.48. The van der Waals surface area contributed by atoms with Gasteiger partial charge in [0.25, 0.3) is 0 Å². The number of fused-ring (bicyclic) bond motifs is 5. The topological polar surface area (TPSA) is 85.4 Å². The predicted octanol–water partition coefficient (Wildman–Crippen LogP) is 13.2. The van der Waals surface area contributed by atoms with E-state index < -0.39 is 0 Å². The van der Waals surface area contributed by atoms with E-state index in [1.54, 1.807) is 0 Å². The molecule has 3 saturated carbocycles. The molecule has 6 atom stereocenters. The zero-order valence-electron chi connectivity index (χ0n) is 41.4. The van der Waals surface area contributed by atoms with E-state index in [1.807, 2.05) is 6.08 Å². The van der Waals surface area contributed by atoms with Crippen LogP contribution in [0.5, 0.6) is 0 Å². The Labute approximate surface area is 381 Å². The lowest BCUT2D eigenvalue weighted by Gasteiger charge is -2.53. The summed E-state index contributed by atoms with van der Waals surface area (Å²) in [4.78, 5) is 42.8. The predicted molar refractivity (Wildman–Crippen MR) is 255 cm³/mol. The number of esters is 1. The van der Waals surface area contributed by atoms with E-state index in [0.717, 1.165) is 167 Å². The van der Waals surface area contributed by atoms with E-state index >= 15 is 0 Å². The Hall–Kier alpha value is -1.77. The molecule has 0 spiro atoms. The maximum absolute atomic E-state index is 13.4. The average Bonchev–Trinajstić information content (AvgIpc) is 3.57. The van der Waals surface area contributed by atoms with Crippen LogP contribution < -0.4 is 0 Å². The molecule has 0 saturated heterocycles. The molecule has 6 unspecified atom stereocenters. The number of rotatable bonds is 33. The number of allylic oxidation sites excluding steroid dienone is 1. The molecule has 62 heavy (non-hydrogen) atoms. The highest BCUT2D eigenvalue weighted by Gasteiger charge is 2.57. The smallest absolute Gasteiger partial charge is 0.306 e. The van der Waals surface area contributed by atoms with E-state index in [2.05, 4.69) is 58.5 Å². The van der Waals surface area contributed by atoms with Gasteiger partial charge in [-0.05, 0) is 147 Å². The standard InChI is InChI=1S/C54H96N2O6/c1-8-23-44(24-9-2)60-53(61-45(25-10-3)26-11-4)29-21-17-13-12-15-19-27-51(58)56(40-39-55(6)7)38-22-18-14-16-20-28-52(59)62-50-35-34-49-48-32-30-42-41-43(57)31-33-46(42)47(48)36-37-54(49,50)5/h41,44-50,53H,8-40H2,1-7H3. The van der Waals surface area contributed by atoms with Crippen LogP contribution in [0.1, 0.15) is 227 Å². The first-order valence-electron chi connectivity index (χ1n) is 26.7. The third-order valence-corrected chi connectivity index (χ3v) is 15.7. The zero-order valence-corrected chi connectivity index (χ0v) is 41.4. The summed E-state index contributed by atoms with van der Waals surface area (Å²) in [5, 5.41) is 0.